The summed E-state index contributed by atoms with van der Waals surface area (Å²) < 4.78 is 18.7. The fraction of sp³-hybridized carbons (Fsp3) is 0.429. The minimum absolute atomic E-state index is 0.150. The number of hydrogen-bond donors (Lipinski definition) is 0. The Morgan fingerprint density at radius 2 is 1.68 bits per heavy atom. The normalized spacial score (nSPS) is 20.1. The van der Waals surface area contributed by atoms with Crippen LogP contribution in [-0.4, -0.2) is 14.9 Å². The Hall–Kier alpha value is -1.78. The summed E-state index contributed by atoms with van der Waals surface area (Å²) in [5, 5.41) is 0.150. The standard InChI is InChI=1S/C21H28O3Si/c1-20(2,3)25(5,6)24-21(4)15-22-19-13-12-17(14-18(19)21)23-16-10-8-7-9-11-16/h7-14H,15H2,1-6H3/t21-/m0/s1. The highest BCUT2D eigenvalue weighted by Crippen LogP contribution is 2.47. The predicted octanol–water partition coefficient (Wildman–Crippen LogP) is 6.11. The molecule has 0 saturated carbocycles. The van der Waals surface area contributed by atoms with Crippen molar-refractivity contribution in [3.05, 3.63) is 54.1 Å². The quantitative estimate of drug-likeness (QED) is 0.619. The van der Waals surface area contributed by atoms with Gasteiger partial charge < -0.3 is 13.9 Å². The highest BCUT2D eigenvalue weighted by molar-refractivity contribution is 6.74. The molecule has 25 heavy (non-hydrogen) atoms. The lowest BCUT2D eigenvalue weighted by molar-refractivity contribution is 0.0465. The predicted molar refractivity (Wildman–Crippen MR) is 104 cm³/mol. The summed E-state index contributed by atoms with van der Waals surface area (Å²) in [4.78, 5) is 0. The first kappa shape index (κ1) is 18.0. The van der Waals surface area contributed by atoms with Crippen LogP contribution in [0.1, 0.15) is 33.3 Å². The largest absolute Gasteiger partial charge is 0.490 e. The van der Waals surface area contributed by atoms with Crippen molar-refractivity contribution in [2.45, 2.75) is 51.4 Å². The average molecular weight is 357 g/mol. The molecule has 1 aliphatic heterocycles. The van der Waals surface area contributed by atoms with E-state index in [9.17, 15) is 0 Å². The lowest BCUT2D eigenvalue weighted by Crippen LogP contribution is -2.48. The molecular formula is C21H28O3Si. The summed E-state index contributed by atoms with van der Waals surface area (Å²) in [6, 6.07) is 15.8. The Morgan fingerprint density at radius 3 is 2.32 bits per heavy atom. The summed E-state index contributed by atoms with van der Waals surface area (Å²) in [5.41, 5.74) is 0.639. The van der Waals surface area contributed by atoms with Gasteiger partial charge in [0.2, 0.25) is 0 Å². The highest BCUT2D eigenvalue weighted by Gasteiger charge is 2.47. The fourth-order valence-corrected chi connectivity index (χ4v) is 4.43. The first-order chi connectivity index (χ1) is 11.6. The van der Waals surface area contributed by atoms with Gasteiger partial charge in [-0.25, -0.2) is 0 Å². The van der Waals surface area contributed by atoms with Crippen molar-refractivity contribution in [2.24, 2.45) is 0 Å². The fourth-order valence-electron chi connectivity index (χ4n) is 2.83. The number of benzene rings is 2. The van der Waals surface area contributed by atoms with Gasteiger partial charge in [0.25, 0.3) is 0 Å². The molecule has 0 aliphatic carbocycles. The zero-order valence-corrected chi connectivity index (χ0v) is 17.1. The first-order valence-electron chi connectivity index (χ1n) is 8.81. The number of para-hydroxylation sites is 1. The lowest BCUT2D eigenvalue weighted by atomic mass is 9.98. The van der Waals surface area contributed by atoms with Gasteiger partial charge in [0.15, 0.2) is 8.32 Å². The van der Waals surface area contributed by atoms with Crippen molar-refractivity contribution in [2.75, 3.05) is 6.61 Å². The van der Waals surface area contributed by atoms with Crippen LogP contribution < -0.4 is 9.47 Å². The number of rotatable bonds is 4. The van der Waals surface area contributed by atoms with Gasteiger partial charge in [0.1, 0.15) is 29.5 Å². The van der Waals surface area contributed by atoms with Gasteiger partial charge in [-0.15, -0.1) is 0 Å². The third kappa shape index (κ3) is 3.60. The van der Waals surface area contributed by atoms with Gasteiger partial charge in [-0.2, -0.15) is 0 Å². The van der Waals surface area contributed by atoms with E-state index < -0.39 is 13.9 Å². The van der Waals surface area contributed by atoms with E-state index in [1.165, 1.54) is 0 Å². The van der Waals surface area contributed by atoms with Gasteiger partial charge >= 0.3 is 0 Å². The van der Waals surface area contributed by atoms with E-state index in [-0.39, 0.29) is 5.04 Å². The molecule has 134 valence electrons. The SMILES string of the molecule is CC(C)(C)[Si](C)(C)O[C@@]1(C)COc2ccc(Oc3ccccc3)cc21. The number of hydrogen-bond acceptors (Lipinski definition) is 3. The van der Waals surface area contributed by atoms with Gasteiger partial charge in [0, 0.05) is 5.56 Å². The van der Waals surface area contributed by atoms with Crippen LogP contribution in [-0.2, 0) is 10.0 Å². The van der Waals surface area contributed by atoms with Crippen molar-refractivity contribution in [1.82, 2.24) is 0 Å². The molecular weight excluding hydrogens is 328 g/mol. The summed E-state index contributed by atoms with van der Waals surface area (Å²) >= 11 is 0. The van der Waals surface area contributed by atoms with Crippen LogP contribution >= 0.6 is 0 Å². The molecule has 0 unspecified atom stereocenters. The van der Waals surface area contributed by atoms with E-state index in [0.29, 0.717) is 6.61 Å². The van der Waals surface area contributed by atoms with Crippen LogP contribution in [0, 0.1) is 0 Å². The topological polar surface area (TPSA) is 27.7 Å². The van der Waals surface area contributed by atoms with Crippen LogP contribution in [0.25, 0.3) is 0 Å². The summed E-state index contributed by atoms with van der Waals surface area (Å²) in [6.45, 7) is 14.0. The molecule has 0 spiro atoms. The molecule has 1 aliphatic rings. The Morgan fingerprint density at radius 1 is 1.00 bits per heavy atom. The summed E-state index contributed by atoms with van der Waals surface area (Å²) in [5.74, 6) is 2.52. The smallest absolute Gasteiger partial charge is 0.193 e. The molecule has 0 amide bonds. The summed E-state index contributed by atoms with van der Waals surface area (Å²) in [6.07, 6.45) is 0. The van der Waals surface area contributed by atoms with Gasteiger partial charge in [-0.05, 0) is 55.4 Å². The van der Waals surface area contributed by atoms with Crippen LogP contribution in [0.4, 0.5) is 0 Å². The average Bonchev–Trinajstić information content (AvgIpc) is 2.83. The second-order valence-electron chi connectivity index (χ2n) is 8.45. The molecule has 1 heterocycles. The van der Waals surface area contributed by atoms with Crippen molar-refractivity contribution in [3.63, 3.8) is 0 Å². The lowest BCUT2D eigenvalue weighted by Gasteiger charge is -2.42. The Bertz CT molecular complexity index is 749. The molecule has 0 N–H and O–H groups in total. The van der Waals surface area contributed by atoms with E-state index in [1.807, 2.05) is 42.5 Å². The molecule has 3 nitrogen and oxygen atoms in total. The maximum Gasteiger partial charge on any atom is 0.193 e. The summed E-state index contributed by atoms with van der Waals surface area (Å²) in [7, 11) is -1.92. The van der Waals surface area contributed by atoms with Crippen LogP contribution in [0.5, 0.6) is 17.2 Å². The van der Waals surface area contributed by atoms with Crippen LogP contribution in [0.3, 0.4) is 0 Å². The molecule has 2 aromatic carbocycles. The molecule has 4 heteroatoms. The molecule has 3 rings (SSSR count). The van der Waals surface area contributed by atoms with Gasteiger partial charge in [-0.1, -0.05) is 39.0 Å². The van der Waals surface area contributed by atoms with E-state index >= 15 is 0 Å². The minimum atomic E-state index is -1.92. The zero-order chi connectivity index (χ0) is 18.3. The minimum Gasteiger partial charge on any atom is -0.490 e. The Labute approximate surface area is 152 Å². The monoisotopic (exact) mass is 356 g/mol. The Balaban J connectivity index is 1.89. The second kappa shape index (κ2) is 6.18. The third-order valence-electron chi connectivity index (χ3n) is 5.29. The maximum atomic E-state index is 6.74. The zero-order valence-electron chi connectivity index (χ0n) is 16.1. The van der Waals surface area contributed by atoms with Crippen molar-refractivity contribution in [1.29, 1.82) is 0 Å². The third-order valence-corrected chi connectivity index (χ3v) is 9.86. The second-order valence-corrected chi connectivity index (χ2v) is 13.2. The maximum absolute atomic E-state index is 6.74. The number of ether oxygens (including phenoxy) is 2. The number of fused-ring (bicyclic) bond motifs is 1. The first-order valence-corrected chi connectivity index (χ1v) is 11.7. The van der Waals surface area contributed by atoms with Crippen molar-refractivity contribution >= 4 is 8.32 Å². The molecule has 0 saturated heterocycles. The van der Waals surface area contributed by atoms with Crippen LogP contribution in [0.15, 0.2) is 48.5 Å². The van der Waals surface area contributed by atoms with Crippen molar-refractivity contribution < 1.29 is 13.9 Å². The highest BCUT2D eigenvalue weighted by atomic mass is 28.4. The molecule has 0 bridgehead atoms. The molecule has 0 fully saturated rings. The molecule has 1 atom stereocenters. The molecule has 0 aromatic heterocycles. The van der Waals surface area contributed by atoms with E-state index in [2.05, 4.69) is 46.9 Å². The van der Waals surface area contributed by atoms with E-state index in [1.54, 1.807) is 0 Å². The molecule has 2 aromatic rings. The van der Waals surface area contributed by atoms with Crippen molar-refractivity contribution in [3.8, 4) is 17.2 Å². The Kier molecular flexibility index (Phi) is 4.46. The van der Waals surface area contributed by atoms with E-state index in [0.717, 1.165) is 22.8 Å². The van der Waals surface area contributed by atoms with Gasteiger partial charge in [0.05, 0.1) is 0 Å². The van der Waals surface area contributed by atoms with Gasteiger partial charge in [-0.3, -0.25) is 0 Å². The van der Waals surface area contributed by atoms with E-state index in [4.69, 9.17) is 13.9 Å². The molecule has 0 radical (unpaired) electrons. The van der Waals surface area contributed by atoms with Crippen LogP contribution in [0.2, 0.25) is 18.1 Å².